The largest absolute Gasteiger partial charge is 0.491 e. The zero-order chi connectivity index (χ0) is 28.5. The lowest BCUT2D eigenvalue weighted by Crippen LogP contribution is -2.37. The van der Waals surface area contributed by atoms with E-state index >= 15 is 0 Å². The van der Waals surface area contributed by atoms with Gasteiger partial charge in [0.25, 0.3) is 0 Å². The van der Waals surface area contributed by atoms with Gasteiger partial charge in [-0.05, 0) is 86.7 Å². The molecule has 1 aliphatic rings. The molecule has 3 heterocycles. The van der Waals surface area contributed by atoms with Crippen LogP contribution in [0.1, 0.15) is 38.2 Å². The van der Waals surface area contributed by atoms with Crippen LogP contribution in [0.15, 0.2) is 87.7 Å². The van der Waals surface area contributed by atoms with Gasteiger partial charge in [-0.25, -0.2) is 21.8 Å². The summed E-state index contributed by atoms with van der Waals surface area (Å²) in [6.45, 7) is 4.53. The zero-order valence-electron chi connectivity index (χ0n) is 22.3. The van der Waals surface area contributed by atoms with Gasteiger partial charge in [0.05, 0.1) is 22.4 Å². The van der Waals surface area contributed by atoms with Crippen molar-refractivity contribution in [2.24, 2.45) is 0 Å². The molecule has 1 aliphatic heterocycles. The van der Waals surface area contributed by atoms with Crippen molar-refractivity contribution in [3.05, 3.63) is 78.5 Å². The number of hydrogen-bond acceptors (Lipinski definition) is 7. The Morgan fingerprint density at radius 2 is 1.60 bits per heavy atom. The van der Waals surface area contributed by atoms with Crippen LogP contribution in [0.4, 0.5) is 0 Å². The third-order valence-corrected chi connectivity index (χ3v) is 10.6. The number of carbonyl (C=O) groups is 1. The first-order valence-corrected chi connectivity index (χ1v) is 16.0. The normalized spacial score (nSPS) is 15.5. The lowest BCUT2D eigenvalue weighted by molar-refractivity contribution is -0.108. The van der Waals surface area contributed by atoms with Crippen LogP contribution in [0, 0.1) is 0 Å². The Bertz CT molecular complexity index is 1720. The molecule has 0 amide bonds. The van der Waals surface area contributed by atoms with E-state index in [-0.39, 0.29) is 33.4 Å². The summed E-state index contributed by atoms with van der Waals surface area (Å²) < 4.78 is 61.7. The molecule has 2 aromatic carbocycles. The van der Waals surface area contributed by atoms with Crippen molar-refractivity contribution in [1.82, 2.24) is 13.9 Å². The monoisotopic (exact) mass is 581 g/mol. The number of carbonyl (C=O) groups excluding carboxylic acids is 1. The number of sulfonamides is 1. The number of sulfone groups is 1. The summed E-state index contributed by atoms with van der Waals surface area (Å²) in [6, 6.07) is 17.8. The molecule has 2 aromatic heterocycles. The van der Waals surface area contributed by atoms with Crippen LogP contribution in [-0.4, -0.2) is 56.2 Å². The minimum absolute atomic E-state index is 0.00554. The maximum atomic E-state index is 13.3. The molecule has 5 rings (SSSR count). The Balaban J connectivity index is 1.38. The highest BCUT2D eigenvalue weighted by Crippen LogP contribution is 2.36. The van der Waals surface area contributed by atoms with E-state index in [2.05, 4.69) is 4.98 Å². The quantitative estimate of drug-likeness (QED) is 0.269. The van der Waals surface area contributed by atoms with E-state index in [1.807, 2.05) is 20.0 Å². The van der Waals surface area contributed by atoms with Crippen LogP contribution < -0.4 is 4.74 Å². The molecular weight excluding hydrogens is 550 g/mol. The first-order valence-electron chi connectivity index (χ1n) is 13.1. The van der Waals surface area contributed by atoms with Crippen LogP contribution in [-0.2, 0) is 31.2 Å². The number of fused-ring (bicyclic) bond motifs is 1. The van der Waals surface area contributed by atoms with Gasteiger partial charge in [0.1, 0.15) is 17.7 Å². The summed E-state index contributed by atoms with van der Waals surface area (Å²) in [5.74, 6) is 0.648. The first-order chi connectivity index (χ1) is 19.1. The molecule has 0 aliphatic carbocycles. The van der Waals surface area contributed by atoms with Gasteiger partial charge in [0.2, 0.25) is 19.9 Å². The van der Waals surface area contributed by atoms with Crippen molar-refractivity contribution in [3.63, 3.8) is 0 Å². The number of ether oxygens (including phenoxy) is 1. The number of aromatic nitrogens is 2. The standard InChI is InChI=1S/C29H31N3O6S2/c1-21(2)38-23-8-10-25(11-9-23)40(36,37)32-16-14-22(15-17-32)27-20-31(18-19-33)29-26(27)12-13-28(30-29)39(34,35)24-6-4-3-5-7-24/h3-13,19-22H,14-18H2,1-2H3. The summed E-state index contributed by atoms with van der Waals surface area (Å²) in [5.41, 5.74) is 1.35. The molecular formula is C29H31N3O6S2. The molecule has 4 aromatic rings. The summed E-state index contributed by atoms with van der Waals surface area (Å²) in [6.07, 6.45) is 3.74. The Kier molecular flexibility index (Phi) is 7.80. The molecule has 210 valence electrons. The highest BCUT2D eigenvalue weighted by atomic mass is 32.2. The van der Waals surface area contributed by atoms with Crippen LogP contribution >= 0.6 is 0 Å². The van der Waals surface area contributed by atoms with Crippen molar-refractivity contribution in [2.45, 2.75) is 60.1 Å². The van der Waals surface area contributed by atoms with Gasteiger partial charge in [-0.2, -0.15) is 4.31 Å². The number of hydrogen-bond donors (Lipinski definition) is 0. The third-order valence-electron chi connectivity index (χ3n) is 7.05. The van der Waals surface area contributed by atoms with E-state index < -0.39 is 19.9 Å². The van der Waals surface area contributed by atoms with Gasteiger partial charge in [0, 0.05) is 24.7 Å². The van der Waals surface area contributed by atoms with Gasteiger partial charge in [0.15, 0.2) is 5.03 Å². The highest BCUT2D eigenvalue weighted by molar-refractivity contribution is 7.91. The smallest absolute Gasteiger partial charge is 0.243 e. The molecule has 11 heteroatoms. The lowest BCUT2D eigenvalue weighted by atomic mass is 9.90. The molecule has 0 bridgehead atoms. The lowest BCUT2D eigenvalue weighted by Gasteiger charge is -2.31. The van der Waals surface area contributed by atoms with E-state index in [4.69, 9.17) is 4.74 Å². The molecule has 0 N–H and O–H groups in total. The van der Waals surface area contributed by atoms with E-state index in [1.54, 1.807) is 53.1 Å². The molecule has 0 unspecified atom stereocenters. The average Bonchev–Trinajstić information content (AvgIpc) is 3.31. The van der Waals surface area contributed by atoms with Crippen molar-refractivity contribution in [2.75, 3.05) is 13.1 Å². The maximum Gasteiger partial charge on any atom is 0.243 e. The fraction of sp³-hybridized carbons (Fsp3) is 0.310. The molecule has 0 saturated carbocycles. The van der Waals surface area contributed by atoms with E-state index in [1.165, 1.54) is 22.5 Å². The summed E-state index contributed by atoms with van der Waals surface area (Å²) in [4.78, 5) is 16.3. The van der Waals surface area contributed by atoms with Crippen LogP contribution in [0.2, 0.25) is 0 Å². The first kappa shape index (κ1) is 28.0. The molecule has 0 spiro atoms. The SMILES string of the molecule is CC(C)Oc1ccc(S(=O)(=O)N2CCC(c3cn(CC=O)c4nc(S(=O)(=O)c5ccccc5)ccc34)CC2)cc1. The van der Waals surface area contributed by atoms with E-state index in [9.17, 15) is 21.6 Å². The Morgan fingerprint density at radius 1 is 0.925 bits per heavy atom. The van der Waals surface area contributed by atoms with Gasteiger partial charge in [-0.3, -0.25) is 0 Å². The number of piperidine rings is 1. The number of nitrogens with zero attached hydrogens (tertiary/aromatic N) is 3. The van der Waals surface area contributed by atoms with Crippen molar-refractivity contribution in [1.29, 1.82) is 0 Å². The number of aldehydes is 1. The van der Waals surface area contributed by atoms with Gasteiger partial charge >= 0.3 is 0 Å². The molecule has 40 heavy (non-hydrogen) atoms. The summed E-state index contributed by atoms with van der Waals surface area (Å²) in [5, 5.41) is 0.671. The highest BCUT2D eigenvalue weighted by Gasteiger charge is 2.32. The number of pyridine rings is 1. The third kappa shape index (κ3) is 5.41. The molecule has 9 nitrogen and oxygen atoms in total. The average molecular weight is 582 g/mol. The minimum Gasteiger partial charge on any atom is -0.491 e. The van der Waals surface area contributed by atoms with Crippen molar-refractivity contribution in [3.8, 4) is 5.75 Å². The van der Waals surface area contributed by atoms with Crippen molar-refractivity contribution < 1.29 is 26.4 Å². The Morgan fingerprint density at radius 3 is 2.23 bits per heavy atom. The number of benzene rings is 2. The second kappa shape index (κ2) is 11.1. The van der Waals surface area contributed by atoms with Crippen LogP contribution in [0.3, 0.4) is 0 Å². The Labute approximate surface area is 234 Å². The second-order valence-electron chi connectivity index (χ2n) is 10.1. The second-order valence-corrected chi connectivity index (χ2v) is 13.9. The molecule has 1 saturated heterocycles. The fourth-order valence-electron chi connectivity index (χ4n) is 5.11. The van der Waals surface area contributed by atoms with Gasteiger partial charge in [-0.15, -0.1) is 0 Å². The molecule has 0 radical (unpaired) electrons. The maximum absolute atomic E-state index is 13.3. The fourth-order valence-corrected chi connectivity index (χ4v) is 7.79. The zero-order valence-corrected chi connectivity index (χ0v) is 23.9. The summed E-state index contributed by atoms with van der Waals surface area (Å²) >= 11 is 0. The Hall–Kier alpha value is -3.54. The predicted octanol–water partition coefficient (Wildman–Crippen LogP) is 4.42. The molecule has 1 fully saturated rings. The van der Waals surface area contributed by atoms with Crippen molar-refractivity contribution >= 4 is 37.2 Å². The predicted molar refractivity (Wildman–Crippen MR) is 151 cm³/mol. The number of rotatable bonds is 9. The van der Waals surface area contributed by atoms with E-state index in [0.717, 1.165) is 17.2 Å². The van der Waals surface area contributed by atoms with Crippen LogP contribution in [0.5, 0.6) is 5.75 Å². The molecule has 0 atom stereocenters. The summed E-state index contributed by atoms with van der Waals surface area (Å²) in [7, 11) is -7.49. The topological polar surface area (TPSA) is 116 Å². The minimum atomic E-state index is -3.83. The van der Waals surface area contributed by atoms with Crippen LogP contribution in [0.25, 0.3) is 11.0 Å². The van der Waals surface area contributed by atoms with E-state index in [0.29, 0.717) is 37.3 Å². The van der Waals surface area contributed by atoms with Gasteiger partial charge in [-0.1, -0.05) is 18.2 Å². The van der Waals surface area contributed by atoms with Gasteiger partial charge < -0.3 is 14.1 Å².